The molecule has 0 saturated carbocycles. The lowest BCUT2D eigenvalue weighted by Gasteiger charge is -2.06. The maximum Gasteiger partial charge on any atom is 0.264 e. The van der Waals surface area contributed by atoms with Crippen LogP contribution in [0.3, 0.4) is 0 Å². The van der Waals surface area contributed by atoms with Crippen LogP contribution in [-0.4, -0.2) is 23.3 Å². The minimum atomic E-state index is -0.343. The van der Waals surface area contributed by atoms with Gasteiger partial charge < -0.3 is 4.74 Å². The first-order valence-corrected chi connectivity index (χ1v) is 9.01. The number of carbonyl (C=O) groups is 2. The summed E-state index contributed by atoms with van der Waals surface area (Å²) in [6, 6.07) is 12.6. The summed E-state index contributed by atoms with van der Waals surface area (Å²) in [6.45, 7) is 3.20. The van der Waals surface area contributed by atoms with E-state index < -0.39 is 0 Å². The van der Waals surface area contributed by atoms with Gasteiger partial charge in [0.1, 0.15) is 11.6 Å². The molecule has 0 aliphatic carbocycles. The molecule has 1 N–H and O–H groups in total. The number of amides is 1. The molecule has 1 heterocycles. The molecule has 27 heavy (non-hydrogen) atoms. The summed E-state index contributed by atoms with van der Waals surface area (Å²) >= 11 is 1.34. The van der Waals surface area contributed by atoms with E-state index in [0.29, 0.717) is 22.1 Å². The molecular formula is C20H17FN2O3S. The number of nitrogens with zero attached hydrogens (tertiary/aromatic N) is 1. The highest BCUT2D eigenvalue weighted by Crippen LogP contribution is 2.30. The van der Waals surface area contributed by atoms with Crippen LogP contribution in [0.2, 0.25) is 0 Å². The molecule has 0 saturated heterocycles. The zero-order chi connectivity index (χ0) is 19.4. The fourth-order valence-electron chi connectivity index (χ4n) is 2.42. The molecule has 3 rings (SSSR count). The lowest BCUT2D eigenvalue weighted by molar-refractivity contribution is -0.118. The molecule has 0 aliphatic heterocycles. The van der Waals surface area contributed by atoms with E-state index >= 15 is 0 Å². The summed E-state index contributed by atoms with van der Waals surface area (Å²) in [7, 11) is 0. The van der Waals surface area contributed by atoms with Crippen molar-refractivity contribution < 1.29 is 18.7 Å². The number of thiazole rings is 1. The van der Waals surface area contributed by atoms with Crippen molar-refractivity contribution in [1.82, 2.24) is 4.98 Å². The summed E-state index contributed by atoms with van der Waals surface area (Å²) in [4.78, 5) is 28.7. The van der Waals surface area contributed by atoms with Gasteiger partial charge in [0.2, 0.25) is 0 Å². The maximum atomic E-state index is 13.1. The van der Waals surface area contributed by atoms with Crippen molar-refractivity contribution >= 4 is 28.2 Å². The Balaban J connectivity index is 1.60. The highest BCUT2D eigenvalue weighted by Gasteiger charge is 2.13. The highest BCUT2D eigenvalue weighted by molar-refractivity contribution is 7.16. The van der Waals surface area contributed by atoms with Crippen LogP contribution >= 0.6 is 11.3 Å². The number of Topliss-reactive ketones (excluding diaryl/α,β-unsaturated/α-hetero) is 1. The van der Waals surface area contributed by atoms with E-state index in [9.17, 15) is 14.0 Å². The Bertz CT molecular complexity index is 966. The zero-order valence-corrected chi connectivity index (χ0v) is 15.6. The average Bonchev–Trinajstić information content (AvgIpc) is 3.01. The van der Waals surface area contributed by atoms with Crippen molar-refractivity contribution in [2.75, 3.05) is 11.9 Å². The Hall–Kier alpha value is -3.06. The number of rotatable bonds is 6. The van der Waals surface area contributed by atoms with Gasteiger partial charge in [-0.1, -0.05) is 0 Å². The molecule has 1 amide bonds. The summed E-state index contributed by atoms with van der Waals surface area (Å²) in [5, 5.41) is 3.15. The number of aryl methyl sites for hydroxylation is 1. The molecule has 7 heteroatoms. The first kappa shape index (κ1) is 18.7. The van der Waals surface area contributed by atoms with Gasteiger partial charge in [0.15, 0.2) is 17.5 Å². The maximum absolute atomic E-state index is 13.1. The molecule has 0 spiro atoms. The smallest absolute Gasteiger partial charge is 0.264 e. The Morgan fingerprint density at radius 3 is 2.41 bits per heavy atom. The molecule has 0 unspecified atom stereocenters. The number of ketones is 1. The van der Waals surface area contributed by atoms with Crippen LogP contribution in [0.1, 0.15) is 22.2 Å². The minimum absolute atomic E-state index is 0.0320. The topological polar surface area (TPSA) is 68.3 Å². The number of anilines is 1. The molecule has 0 atom stereocenters. The SMILES string of the molecule is CC(=O)c1ccc(OCC(=O)Nc2nc(-c3ccc(F)cc3)c(C)s2)cc1. The van der Waals surface area contributed by atoms with E-state index in [1.165, 1.54) is 30.4 Å². The number of carbonyl (C=O) groups excluding carboxylic acids is 2. The standard InChI is InChI=1S/C20H17FN2O3S/c1-12(24)14-5-9-17(10-6-14)26-11-18(25)22-20-23-19(13(2)27-20)15-3-7-16(21)8-4-15/h3-10H,11H2,1-2H3,(H,22,23,25). The summed E-state index contributed by atoms with van der Waals surface area (Å²) in [5.41, 5.74) is 2.07. The highest BCUT2D eigenvalue weighted by atomic mass is 32.1. The van der Waals surface area contributed by atoms with Gasteiger partial charge in [0.05, 0.1) is 5.69 Å². The quantitative estimate of drug-likeness (QED) is 0.637. The van der Waals surface area contributed by atoms with Crippen molar-refractivity contribution in [1.29, 1.82) is 0 Å². The largest absolute Gasteiger partial charge is 0.484 e. The van der Waals surface area contributed by atoms with E-state index in [1.54, 1.807) is 36.4 Å². The van der Waals surface area contributed by atoms with E-state index in [2.05, 4.69) is 10.3 Å². The number of hydrogen-bond acceptors (Lipinski definition) is 5. The number of hydrogen-bond donors (Lipinski definition) is 1. The third-order valence-electron chi connectivity index (χ3n) is 3.79. The minimum Gasteiger partial charge on any atom is -0.484 e. The number of ether oxygens (including phenoxy) is 1. The van der Waals surface area contributed by atoms with E-state index in [-0.39, 0.29) is 24.1 Å². The lowest BCUT2D eigenvalue weighted by Crippen LogP contribution is -2.20. The van der Waals surface area contributed by atoms with Gasteiger partial charge in [-0.05, 0) is 62.4 Å². The number of halogens is 1. The van der Waals surface area contributed by atoms with Crippen LogP contribution in [0.15, 0.2) is 48.5 Å². The molecule has 0 aliphatic rings. The Morgan fingerprint density at radius 2 is 1.78 bits per heavy atom. The van der Waals surface area contributed by atoms with Crippen molar-refractivity contribution in [2.24, 2.45) is 0 Å². The average molecular weight is 384 g/mol. The van der Waals surface area contributed by atoms with E-state index in [1.807, 2.05) is 6.92 Å². The van der Waals surface area contributed by atoms with Crippen LogP contribution in [0.4, 0.5) is 9.52 Å². The molecule has 5 nitrogen and oxygen atoms in total. The third kappa shape index (κ3) is 4.77. The van der Waals surface area contributed by atoms with Gasteiger partial charge >= 0.3 is 0 Å². The van der Waals surface area contributed by atoms with Gasteiger partial charge in [-0.2, -0.15) is 0 Å². The number of nitrogens with one attached hydrogen (secondary N) is 1. The van der Waals surface area contributed by atoms with Crippen molar-refractivity contribution in [3.63, 3.8) is 0 Å². The third-order valence-corrected chi connectivity index (χ3v) is 4.68. The van der Waals surface area contributed by atoms with Crippen molar-refractivity contribution in [2.45, 2.75) is 13.8 Å². The second-order valence-electron chi connectivity index (χ2n) is 5.85. The van der Waals surface area contributed by atoms with Gasteiger partial charge in [-0.3, -0.25) is 14.9 Å². The first-order valence-electron chi connectivity index (χ1n) is 8.19. The Kier molecular flexibility index (Phi) is 5.61. The summed E-state index contributed by atoms with van der Waals surface area (Å²) in [6.07, 6.45) is 0. The van der Waals surface area contributed by atoms with Crippen LogP contribution in [0.5, 0.6) is 5.75 Å². The van der Waals surface area contributed by atoms with Gasteiger partial charge in [-0.25, -0.2) is 9.37 Å². The fraction of sp³-hybridized carbons (Fsp3) is 0.150. The van der Waals surface area contributed by atoms with Crippen molar-refractivity contribution in [3.8, 4) is 17.0 Å². The fourth-order valence-corrected chi connectivity index (χ4v) is 3.27. The normalized spacial score (nSPS) is 10.5. The predicted octanol–water partition coefficient (Wildman–Crippen LogP) is 4.48. The van der Waals surface area contributed by atoms with E-state index in [0.717, 1.165) is 10.4 Å². The number of benzene rings is 2. The second-order valence-corrected chi connectivity index (χ2v) is 7.05. The van der Waals surface area contributed by atoms with Crippen LogP contribution in [0.25, 0.3) is 11.3 Å². The lowest BCUT2D eigenvalue weighted by atomic mass is 10.1. The molecular weight excluding hydrogens is 367 g/mol. The van der Waals surface area contributed by atoms with Gasteiger partial charge in [0, 0.05) is 16.0 Å². The molecule has 0 fully saturated rings. The van der Waals surface area contributed by atoms with Gasteiger partial charge in [-0.15, -0.1) is 11.3 Å². The molecule has 138 valence electrons. The summed E-state index contributed by atoms with van der Waals surface area (Å²) in [5.74, 6) is -0.188. The summed E-state index contributed by atoms with van der Waals surface area (Å²) < 4.78 is 18.5. The van der Waals surface area contributed by atoms with Crippen LogP contribution < -0.4 is 10.1 Å². The molecule has 0 bridgehead atoms. The molecule has 2 aromatic carbocycles. The zero-order valence-electron chi connectivity index (χ0n) is 14.8. The molecule has 3 aromatic rings. The van der Waals surface area contributed by atoms with Crippen LogP contribution in [0, 0.1) is 12.7 Å². The number of aromatic nitrogens is 1. The van der Waals surface area contributed by atoms with E-state index in [4.69, 9.17) is 4.74 Å². The first-order chi connectivity index (χ1) is 12.9. The van der Waals surface area contributed by atoms with Crippen molar-refractivity contribution in [3.05, 3.63) is 64.8 Å². The molecule has 0 radical (unpaired) electrons. The molecule has 1 aromatic heterocycles. The Morgan fingerprint density at radius 1 is 1.11 bits per heavy atom. The monoisotopic (exact) mass is 384 g/mol. The van der Waals surface area contributed by atoms with Gasteiger partial charge in [0.25, 0.3) is 5.91 Å². The Labute approximate surface area is 159 Å². The second kappa shape index (κ2) is 8.09. The predicted molar refractivity (Wildman–Crippen MR) is 103 cm³/mol. The van der Waals surface area contributed by atoms with Crippen LogP contribution in [-0.2, 0) is 4.79 Å².